The van der Waals surface area contributed by atoms with Crippen LogP contribution in [0.25, 0.3) is 22.3 Å². The van der Waals surface area contributed by atoms with E-state index in [4.69, 9.17) is 13.9 Å². The molecule has 1 aliphatic heterocycles. The lowest BCUT2D eigenvalue weighted by Crippen LogP contribution is -2.47. The second kappa shape index (κ2) is 12.6. The van der Waals surface area contributed by atoms with E-state index >= 15 is 0 Å². The topological polar surface area (TPSA) is 86.7 Å². The normalized spacial score (nSPS) is 13.5. The molecule has 1 aliphatic rings. The Morgan fingerprint density at radius 1 is 0.865 bits per heavy atom. The SMILES string of the molecule is COc1ccccc1N1CCN(CCOc2cccc3c(=O)c(C)c(-c4ccccc4)oc23)CC1.Cl.O. The second-order valence-corrected chi connectivity index (χ2v) is 8.73. The summed E-state index contributed by atoms with van der Waals surface area (Å²) in [5.74, 6) is 2.10. The van der Waals surface area contributed by atoms with E-state index in [9.17, 15) is 4.79 Å². The molecule has 7 nitrogen and oxygen atoms in total. The third-order valence-corrected chi connectivity index (χ3v) is 6.61. The highest BCUT2D eigenvalue weighted by atomic mass is 35.5. The molecule has 0 bridgehead atoms. The molecule has 4 aromatic rings. The van der Waals surface area contributed by atoms with Crippen molar-refractivity contribution in [3.05, 3.63) is 88.6 Å². The molecule has 1 fully saturated rings. The molecule has 8 heteroatoms. The van der Waals surface area contributed by atoms with Crippen molar-refractivity contribution in [1.82, 2.24) is 4.90 Å². The minimum Gasteiger partial charge on any atom is -0.495 e. The maximum absolute atomic E-state index is 13.1. The monoisotopic (exact) mass is 524 g/mol. The maximum atomic E-state index is 13.1. The predicted molar refractivity (Wildman–Crippen MR) is 151 cm³/mol. The highest BCUT2D eigenvalue weighted by molar-refractivity contribution is 5.85. The lowest BCUT2D eigenvalue weighted by Gasteiger charge is -2.36. The lowest BCUT2D eigenvalue weighted by atomic mass is 10.1. The van der Waals surface area contributed by atoms with Gasteiger partial charge in [-0.05, 0) is 31.2 Å². The van der Waals surface area contributed by atoms with Gasteiger partial charge in [-0.1, -0.05) is 48.5 Å². The summed E-state index contributed by atoms with van der Waals surface area (Å²) in [7, 11) is 1.71. The van der Waals surface area contributed by atoms with Crippen LogP contribution in [-0.2, 0) is 0 Å². The zero-order valence-corrected chi connectivity index (χ0v) is 21.9. The standard InChI is InChI=1S/C29H30N2O4.ClH.H2O/c1-21-27(32)23-11-8-14-26(29(23)35-28(21)22-9-4-3-5-10-22)34-20-19-30-15-17-31(18-16-30)24-12-6-7-13-25(24)33-2;;/h3-14H,15-20H2,1-2H3;1H;1H2. The van der Waals surface area contributed by atoms with Gasteiger partial charge < -0.3 is 24.3 Å². The van der Waals surface area contributed by atoms with E-state index in [1.54, 1.807) is 13.2 Å². The van der Waals surface area contributed by atoms with Crippen molar-refractivity contribution in [3.8, 4) is 22.8 Å². The Hall–Kier alpha value is -3.52. The van der Waals surface area contributed by atoms with E-state index in [0.29, 0.717) is 34.6 Å². The van der Waals surface area contributed by atoms with Crippen LogP contribution in [0.2, 0.25) is 0 Å². The number of ether oxygens (including phenoxy) is 2. The molecule has 1 saturated heterocycles. The number of hydrogen-bond acceptors (Lipinski definition) is 6. The Bertz CT molecular complexity index is 1370. The number of fused-ring (bicyclic) bond motifs is 1. The first kappa shape index (κ1) is 28.1. The number of methoxy groups -OCH3 is 1. The summed E-state index contributed by atoms with van der Waals surface area (Å²) in [4.78, 5) is 17.8. The average Bonchev–Trinajstić information content (AvgIpc) is 2.92. The molecule has 0 spiro atoms. The van der Waals surface area contributed by atoms with Gasteiger partial charge in [-0.25, -0.2) is 0 Å². The van der Waals surface area contributed by atoms with Crippen molar-refractivity contribution in [2.75, 3.05) is 51.3 Å². The third kappa shape index (κ3) is 5.91. The summed E-state index contributed by atoms with van der Waals surface area (Å²) in [6, 6.07) is 23.4. The average molecular weight is 525 g/mol. The number of nitrogens with zero attached hydrogens (tertiary/aromatic N) is 2. The van der Waals surface area contributed by atoms with Crippen LogP contribution in [0.5, 0.6) is 11.5 Å². The van der Waals surface area contributed by atoms with Crippen LogP contribution in [0.1, 0.15) is 5.56 Å². The van der Waals surface area contributed by atoms with E-state index in [1.165, 1.54) is 0 Å². The van der Waals surface area contributed by atoms with Gasteiger partial charge in [0.05, 0.1) is 18.2 Å². The van der Waals surface area contributed by atoms with E-state index in [2.05, 4.69) is 15.9 Å². The van der Waals surface area contributed by atoms with Gasteiger partial charge >= 0.3 is 0 Å². The van der Waals surface area contributed by atoms with Crippen molar-refractivity contribution in [2.24, 2.45) is 0 Å². The van der Waals surface area contributed by atoms with Gasteiger partial charge in [0, 0.05) is 43.9 Å². The Kier molecular flexibility index (Phi) is 9.58. The zero-order chi connectivity index (χ0) is 24.2. The number of piperazine rings is 1. The van der Waals surface area contributed by atoms with Gasteiger partial charge in [-0.15, -0.1) is 12.4 Å². The van der Waals surface area contributed by atoms with E-state index in [1.807, 2.05) is 67.6 Å². The highest BCUT2D eigenvalue weighted by Gasteiger charge is 2.20. The first-order valence-electron chi connectivity index (χ1n) is 12.0. The van der Waals surface area contributed by atoms with Gasteiger partial charge in [0.25, 0.3) is 0 Å². The molecule has 0 saturated carbocycles. The molecule has 1 aromatic heterocycles. The molecule has 2 N–H and O–H groups in total. The minimum absolute atomic E-state index is 0. The molecule has 37 heavy (non-hydrogen) atoms. The quantitative estimate of drug-likeness (QED) is 0.352. The van der Waals surface area contributed by atoms with Crippen LogP contribution in [0.4, 0.5) is 5.69 Å². The molecule has 0 atom stereocenters. The fourth-order valence-corrected chi connectivity index (χ4v) is 4.65. The molecule has 0 aliphatic carbocycles. The molecule has 0 amide bonds. The second-order valence-electron chi connectivity index (χ2n) is 8.73. The van der Waals surface area contributed by atoms with Gasteiger partial charge in [-0.3, -0.25) is 9.69 Å². The molecular formula is C29H33ClN2O5. The van der Waals surface area contributed by atoms with Crippen molar-refractivity contribution in [1.29, 1.82) is 0 Å². The molecule has 0 radical (unpaired) electrons. The minimum atomic E-state index is -0.0250. The molecule has 5 rings (SSSR count). The third-order valence-electron chi connectivity index (χ3n) is 6.61. The number of rotatable bonds is 7. The maximum Gasteiger partial charge on any atom is 0.196 e. The predicted octanol–water partition coefficient (Wildman–Crippen LogP) is 4.58. The highest BCUT2D eigenvalue weighted by Crippen LogP contribution is 2.31. The number of hydrogen-bond donors (Lipinski definition) is 0. The zero-order valence-electron chi connectivity index (χ0n) is 21.1. The van der Waals surface area contributed by atoms with Gasteiger partial charge in [-0.2, -0.15) is 0 Å². The number of anilines is 1. The molecule has 3 aromatic carbocycles. The number of para-hydroxylation sites is 3. The first-order valence-corrected chi connectivity index (χ1v) is 12.0. The van der Waals surface area contributed by atoms with Crippen LogP contribution in [-0.4, -0.2) is 56.8 Å². The van der Waals surface area contributed by atoms with Crippen molar-refractivity contribution in [3.63, 3.8) is 0 Å². The fraction of sp³-hybridized carbons (Fsp3) is 0.276. The van der Waals surface area contributed by atoms with Gasteiger partial charge in [0.15, 0.2) is 16.8 Å². The Morgan fingerprint density at radius 3 is 2.27 bits per heavy atom. The Balaban J connectivity index is 0.00000190. The van der Waals surface area contributed by atoms with Crippen LogP contribution >= 0.6 is 12.4 Å². The summed E-state index contributed by atoms with van der Waals surface area (Å²) in [6.07, 6.45) is 0. The summed E-state index contributed by atoms with van der Waals surface area (Å²) in [6.45, 7) is 6.90. The Labute approximate surface area is 222 Å². The first-order chi connectivity index (χ1) is 17.2. The van der Waals surface area contributed by atoms with Crippen molar-refractivity contribution < 1.29 is 19.4 Å². The number of halogens is 1. The van der Waals surface area contributed by atoms with Crippen LogP contribution < -0.4 is 19.8 Å². The van der Waals surface area contributed by atoms with Crippen LogP contribution in [0, 0.1) is 6.92 Å². The molecule has 0 unspecified atom stereocenters. The fourth-order valence-electron chi connectivity index (χ4n) is 4.65. The van der Waals surface area contributed by atoms with Crippen molar-refractivity contribution >= 4 is 29.1 Å². The smallest absolute Gasteiger partial charge is 0.196 e. The summed E-state index contributed by atoms with van der Waals surface area (Å²) < 4.78 is 17.9. The number of benzene rings is 3. The molecular weight excluding hydrogens is 492 g/mol. The Morgan fingerprint density at radius 2 is 1.54 bits per heavy atom. The largest absolute Gasteiger partial charge is 0.495 e. The van der Waals surface area contributed by atoms with E-state index in [0.717, 1.165) is 49.7 Å². The van der Waals surface area contributed by atoms with Crippen LogP contribution in [0.3, 0.4) is 0 Å². The summed E-state index contributed by atoms with van der Waals surface area (Å²) in [5.41, 5.74) is 3.10. The van der Waals surface area contributed by atoms with Crippen molar-refractivity contribution in [2.45, 2.75) is 6.92 Å². The molecule has 196 valence electrons. The summed E-state index contributed by atoms with van der Waals surface area (Å²) >= 11 is 0. The van der Waals surface area contributed by atoms with Crippen LogP contribution in [0.15, 0.2) is 82.0 Å². The van der Waals surface area contributed by atoms with E-state index < -0.39 is 0 Å². The summed E-state index contributed by atoms with van der Waals surface area (Å²) in [5, 5.41) is 0.546. The van der Waals surface area contributed by atoms with Gasteiger partial charge in [0.2, 0.25) is 0 Å². The van der Waals surface area contributed by atoms with Gasteiger partial charge in [0.1, 0.15) is 18.1 Å². The van der Waals surface area contributed by atoms with E-state index in [-0.39, 0.29) is 23.3 Å². The molecule has 2 heterocycles. The lowest BCUT2D eigenvalue weighted by molar-refractivity contribution is 0.200.